The Labute approximate surface area is 355 Å². The Morgan fingerprint density at radius 3 is 1.64 bits per heavy atom. The summed E-state index contributed by atoms with van der Waals surface area (Å²) in [5.41, 5.74) is 15.3. The number of nitrogens with zero attached hydrogens (tertiary/aromatic N) is 3. The fraction of sp³-hybridized carbons (Fsp3) is 0.0172. The van der Waals surface area contributed by atoms with Crippen molar-refractivity contribution in [2.24, 2.45) is 4.99 Å². The van der Waals surface area contributed by atoms with Crippen molar-refractivity contribution < 1.29 is 0 Å². The van der Waals surface area contributed by atoms with Crippen molar-refractivity contribution in [3.63, 3.8) is 0 Å². The van der Waals surface area contributed by atoms with Gasteiger partial charge in [-0.15, -0.1) is 0 Å². The van der Waals surface area contributed by atoms with Gasteiger partial charge in [-0.3, -0.25) is 0 Å². The van der Waals surface area contributed by atoms with Crippen LogP contribution in [0.15, 0.2) is 230 Å². The van der Waals surface area contributed by atoms with E-state index in [1.54, 1.807) is 0 Å². The highest BCUT2D eigenvalue weighted by Gasteiger charge is 2.21. The van der Waals surface area contributed by atoms with Crippen molar-refractivity contribution in [1.29, 1.82) is 0 Å². The van der Waals surface area contributed by atoms with E-state index in [9.17, 15) is 0 Å². The molecule has 0 N–H and O–H groups in total. The molecule has 0 amide bonds. The summed E-state index contributed by atoms with van der Waals surface area (Å²) in [4.78, 5) is 5.22. The van der Waals surface area contributed by atoms with Crippen molar-refractivity contribution in [3.05, 3.63) is 242 Å². The lowest BCUT2D eigenvalue weighted by molar-refractivity contribution is 1.17. The maximum atomic E-state index is 5.22. The lowest BCUT2D eigenvalue weighted by Crippen LogP contribution is -2.01. The average Bonchev–Trinajstić information content (AvgIpc) is 3.85. The van der Waals surface area contributed by atoms with Crippen molar-refractivity contribution in [2.75, 3.05) is 0 Å². The molecule has 0 aliphatic carbocycles. The maximum Gasteiger partial charge on any atom is 0.0718 e. The van der Waals surface area contributed by atoms with E-state index >= 15 is 0 Å². The molecular formula is C58H41N3. The second-order valence-corrected chi connectivity index (χ2v) is 15.7. The number of para-hydroxylation sites is 2. The molecule has 0 fully saturated rings. The number of benzene rings is 9. The van der Waals surface area contributed by atoms with Crippen LogP contribution in [0, 0.1) is 0 Å². The highest BCUT2D eigenvalue weighted by Crippen LogP contribution is 2.43. The Morgan fingerprint density at radius 1 is 0.443 bits per heavy atom. The molecule has 0 saturated heterocycles. The molecule has 2 aromatic heterocycles. The van der Waals surface area contributed by atoms with E-state index in [-0.39, 0.29) is 0 Å². The number of fused-ring (bicyclic) bond motifs is 8. The minimum absolute atomic E-state index is 0.725. The van der Waals surface area contributed by atoms with Crippen LogP contribution in [0.4, 0.5) is 0 Å². The van der Waals surface area contributed by atoms with Crippen molar-refractivity contribution in [1.82, 2.24) is 9.13 Å². The van der Waals surface area contributed by atoms with Gasteiger partial charge in [0.2, 0.25) is 0 Å². The number of aliphatic imine (C=N–C) groups is 1. The Hall–Kier alpha value is -8.01. The van der Waals surface area contributed by atoms with Crippen LogP contribution in [0.25, 0.3) is 88.2 Å². The van der Waals surface area contributed by atoms with Gasteiger partial charge in [-0.1, -0.05) is 170 Å². The second kappa shape index (κ2) is 15.0. The molecule has 0 saturated carbocycles. The van der Waals surface area contributed by atoms with Gasteiger partial charge >= 0.3 is 0 Å². The largest absolute Gasteiger partial charge is 0.309 e. The van der Waals surface area contributed by atoms with E-state index in [4.69, 9.17) is 4.99 Å². The van der Waals surface area contributed by atoms with Gasteiger partial charge in [0, 0.05) is 38.5 Å². The molecule has 3 nitrogen and oxygen atoms in total. The lowest BCUT2D eigenvalue weighted by atomic mass is 9.97. The molecule has 11 rings (SSSR count). The van der Waals surface area contributed by atoms with Gasteiger partial charge in [-0.05, 0) is 100 Å². The Morgan fingerprint density at radius 2 is 0.984 bits per heavy atom. The molecule has 0 spiro atoms. The molecule has 0 bridgehead atoms. The fourth-order valence-corrected chi connectivity index (χ4v) is 9.16. The third-order valence-corrected chi connectivity index (χ3v) is 12.0. The minimum atomic E-state index is 0.725. The first-order chi connectivity index (χ1) is 30.1. The average molecular weight is 780 g/mol. The molecule has 0 unspecified atom stereocenters. The van der Waals surface area contributed by atoms with E-state index in [1.807, 2.05) is 18.2 Å². The van der Waals surface area contributed by atoms with Crippen LogP contribution in [0.1, 0.15) is 23.6 Å². The summed E-state index contributed by atoms with van der Waals surface area (Å²) >= 11 is 0. The predicted octanol–water partition coefficient (Wildman–Crippen LogP) is 15.3. The molecular weight excluding hydrogens is 739 g/mol. The number of aromatic nitrogens is 2. The summed E-state index contributed by atoms with van der Waals surface area (Å²) in [7, 11) is 0. The Bertz CT molecular complexity index is 3530. The summed E-state index contributed by atoms with van der Waals surface area (Å²) < 4.78 is 4.86. The van der Waals surface area contributed by atoms with Crippen LogP contribution in [0.3, 0.4) is 0 Å². The van der Waals surface area contributed by atoms with Gasteiger partial charge in [0.1, 0.15) is 0 Å². The monoisotopic (exact) mass is 779 g/mol. The van der Waals surface area contributed by atoms with E-state index < -0.39 is 0 Å². The molecule has 11 aromatic rings. The smallest absolute Gasteiger partial charge is 0.0718 e. The summed E-state index contributed by atoms with van der Waals surface area (Å²) in [5.74, 6) is 0. The zero-order valence-corrected chi connectivity index (χ0v) is 33.8. The second-order valence-electron chi connectivity index (χ2n) is 15.7. The van der Waals surface area contributed by atoms with Crippen LogP contribution in [-0.4, -0.2) is 14.8 Å². The quantitative estimate of drug-likeness (QED) is 0.137. The Kier molecular flexibility index (Phi) is 8.87. The fourth-order valence-electron chi connectivity index (χ4n) is 9.16. The van der Waals surface area contributed by atoms with E-state index in [2.05, 4.69) is 223 Å². The van der Waals surface area contributed by atoms with E-state index in [1.165, 1.54) is 54.7 Å². The molecule has 0 aliphatic heterocycles. The standard InChI is InChI=1S/C58H41N3/c1-39(41-18-6-3-7-19-41)36-52(59-40(2)42-20-8-4-9-21-42)49-29-17-25-45-38-47(32-33-48(45)49)61-54-31-15-13-28-51(54)58-56(61)35-34-55-57(58)50-27-12-14-30-53(50)60(55)46-26-16-24-44(37-46)43-22-10-5-11-23-43/h3-38H,2H2,1H3/b39-36+,59-52?. The predicted molar refractivity (Wildman–Crippen MR) is 260 cm³/mol. The molecule has 9 aromatic carbocycles. The Balaban J connectivity index is 1.10. The summed E-state index contributed by atoms with van der Waals surface area (Å²) in [6, 6.07) is 75.9. The highest BCUT2D eigenvalue weighted by molar-refractivity contribution is 6.29. The summed E-state index contributed by atoms with van der Waals surface area (Å²) in [6.07, 6.45) is 2.19. The molecule has 0 atom stereocenters. The topological polar surface area (TPSA) is 22.2 Å². The van der Waals surface area contributed by atoms with Gasteiger partial charge in [0.15, 0.2) is 0 Å². The van der Waals surface area contributed by atoms with Gasteiger partial charge < -0.3 is 9.13 Å². The van der Waals surface area contributed by atoms with Gasteiger partial charge in [-0.25, -0.2) is 4.99 Å². The normalized spacial score (nSPS) is 12.3. The number of hydrogen-bond donors (Lipinski definition) is 0. The lowest BCUT2D eigenvalue weighted by Gasteiger charge is -2.13. The van der Waals surface area contributed by atoms with Crippen LogP contribution in [-0.2, 0) is 0 Å². The third kappa shape index (κ3) is 6.27. The molecule has 2 heterocycles. The van der Waals surface area contributed by atoms with E-state index in [0.717, 1.165) is 55.8 Å². The van der Waals surface area contributed by atoms with Gasteiger partial charge in [0.25, 0.3) is 0 Å². The van der Waals surface area contributed by atoms with Crippen LogP contribution in [0.5, 0.6) is 0 Å². The highest BCUT2D eigenvalue weighted by atomic mass is 15.0. The SMILES string of the molecule is C=C(N=C(/C=C(\C)c1ccccc1)c1cccc2cc(-n3c4ccccc4c4c5c6ccccc6n(-c6cccc(-c7ccccc7)c6)c5ccc43)ccc12)c1ccccc1. The number of allylic oxidation sites excluding steroid dienone is 2. The van der Waals surface area contributed by atoms with Crippen LogP contribution >= 0.6 is 0 Å². The number of rotatable bonds is 8. The first kappa shape index (κ1) is 36.1. The van der Waals surface area contributed by atoms with Crippen molar-refractivity contribution >= 4 is 71.4 Å². The van der Waals surface area contributed by atoms with Crippen molar-refractivity contribution in [2.45, 2.75) is 6.92 Å². The summed E-state index contributed by atoms with van der Waals surface area (Å²) in [6.45, 7) is 6.56. The molecule has 0 radical (unpaired) electrons. The zero-order chi connectivity index (χ0) is 40.9. The molecule has 288 valence electrons. The molecule has 3 heteroatoms. The maximum absolute atomic E-state index is 5.22. The van der Waals surface area contributed by atoms with Gasteiger partial charge in [-0.2, -0.15) is 0 Å². The molecule has 0 aliphatic rings. The minimum Gasteiger partial charge on any atom is -0.309 e. The zero-order valence-electron chi connectivity index (χ0n) is 33.8. The van der Waals surface area contributed by atoms with Gasteiger partial charge in [0.05, 0.1) is 33.5 Å². The van der Waals surface area contributed by atoms with Crippen molar-refractivity contribution in [3.8, 4) is 22.5 Å². The van der Waals surface area contributed by atoms with Crippen LogP contribution in [0.2, 0.25) is 0 Å². The first-order valence-corrected chi connectivity index (χ1v) is 20.8. The van der Waals surface area contributed by atoms with Crippen LogP contribution < -0.4 is 0 Å². The summed E-state index contributed by atoms with van der Waals surface area (Å²) in [5, 5.41) is 7.26. The molecule has 61 heavy (non-hydrogen) atoms. The third-order valence-electron chi connectivity index (χ3n) is 12.0. The number of hydrogen-bond acceptors (Lipinski definition) is 1. The van der Waals surface area contributed by atoms with E-state index in [0.29, 0.717) is 0 Å². The first-order valence-electron chi connectivity index (χ1n) is 20.8.